The summed E-state index contributed by atoms with van der Waals surface area (Å²) in [5, 5.41) is 9.86. The molecular formula is C8H8Cl2OS. The molecule has 1 aromatic carbocycles. The van der Waals surface area contributed by atoms with Gasteiger partial charge in [0.25, 0.3) is 0 Å². The number of thioether (sulfide) groups is 1. The molecular weight excluding hydrogens is 215 g/mol. The van der Waals surface area contributed by atoms with Crippen LogP contribution in [-0.4, -0.2) is 17.5 Å². The molecule has 1 N–H and O–H groups in total. The lowest BCUT2D eigenvalue weighted by Crippen LogP contribution is -1.85. The first-order valence-electron chi connectivity index (χ1n) is 3.43. The van der Waals surface area contributed by atoms with Crippen molar-refractivity contribution in [2.75, 3.05) is 12.4 Å². The number of benzene rings is 1. The normalized spacial score (nSPS) is 10.2. The van der Waals surface area contributed by atoms with Gasteiger partial charge in [0.2, 0.25) is 0 Å². The van der Waals surface area contributed by atoms with E-state index in [0.717, 1.165) is 4.90 Å². The van der Waals surface area contributed by atoms with E-state index in [1.165, 1.54) is 11.8 Å². The molecule has 4 heteroatoms. The number of aliphatic hydroxyl groups is 1. The van der Waals surface area contributed by atoms with Crippen LogP contribution in [0.25, 0.3) is 0 Å². The molecule has 0 unspecified atom stereocenters. The van der Waals surface area contributed by atoms with Crippen molar-refractivity contribution in [2.24, 2.45) is 0 Å². The van der Waals surface area contributed by atoms with Crippen molar-refractivity contribution >= 4 is 35.0 Å². The maximum Gasteiger partial charge on any atom is 0.0556 e. The Kier molecular flexibility index (Phi) is 4.22. The zero-order valence-electron chi connectivity index (χ0n) is 6.26. The number of hydrogen-bond acceptors (Lipinski definition) is 2. The molecule has 0 fully saturated rings. The first kappa shape index (κ1) is 10.2. The first-order valence-corrected chi connectivity index (χ1v) is 5.17. The molecule has 0 saturated carbocycles. The fourth-order valence-corrected chi connectivity index (χ4v) is 1.99. The fraction of sp³-hybridized carbons (Fsp3) is 0.250. The Morgan fingerprint density at radius 2 is 2.08 bits per heavy atom. The van der Waals surface area contributed by atoms with Crippen LogP contribution in [0.5, 0.6) is 0 Å². The van der Waals surface area contributed by atoms with Gasteiger partial charge in [0.15, 0.2) is 0 Å². The number of aliphatic hydroxyl groups excluding tert-OH is 1. The van der Waals surface area contributed by atoms with E-state index < -0.39 is 0 Å². The van der Waals surface area contributed by atoms with Crippen molar-refractivity contribution in [1.82, 2.24) is 0 Å². The van der Waals surface area contributed by atoms with Gasteiger partial charge in [-0.1, -0.05) is 23.2 Å². The maximum absolute atomic E-state index is 8.58. The molecule has 0 bridgehead atoms. The van der Waals surface area contributed by atoms with Gasteiger partial charge in [0.05, 0.1) is 11.6 Å². The summed E-state index contributed by atoms with van der Waals surface area (Å²) < 4.78 is 0. The molecule has 0 heterocycles. The van der Waals surface area contributed by atoms with Crippen LogP contribution >= 0.6 is 35.0 Å². The Morgan fingerprint density at radius 1 is 1.33 bits per heavy atom. The van der Waals surface area contributed by atoms with Crippen LogP contribution in [0.2, 0.25) is 10.0 Å². The topological polar surface area (TPSA) is 20.2 Å². The summed E-state index contributed by atoms with van der Waals surface area (Å²) in [6.45, 7) is 0.156. The number of halogens is 2. The van der Waals surface area contributed by atoms with Gasteiger partial charge in [-0.15, -0.1) is 11.8 Å². The second kappa shape index (κ2) is 4.97. The second-order valence-corrected chi connectivity index (χ2v) is 4.13. The lowest BCUT2D eigenvalue weighted by atomic mass is 10.4. The summed E-state index contributed by atoms with van der Waals surface area (Å²) in [4.78, 5) is 0.954. The molecule has 0 radical (unpaired) electrons. The minimum atomic E-state index is 0.156. The van der Waals surface area contributed by atoms with Gasteiger partial charge in [0, 0.05) is 15.7 Å². The van der Waals surface area contributed by atoms with Crippen LogP contribution in [0.1, 0.15) is 0 Å². The molecule has 0 aromatic heterocycles. The minimum Gasteiger partial charge on any atom is -0.396 e. The van der Waals surface area contributed by atoms with Crippen molar-refractivity contribution < 1.29 is 5.11 Å². The highest BCUT2D eigenvalue weighted by atomic mass is 35.5. The Bertz CT molecular complexity index is 265. The Morgan fingerprint density at radius 3 is 2.67 bits per heavy atom. The molecule has 0 aliphatic rings. The molecule has 0 amide bonds. The summed E-state index contributed by atoms with van der Waals surface area (Å²) in [6, 6.07) is 5.33. The summed E-state index contributed by atoms with van der Waals surface area (Å²) in [5.74, 6) is 0.654. The number of hydrogen-bond donors (Lipinski definition) is 1. The lowest BCUT2D eigenvalue weighted by molar-refractivity contribution is 0.322. The van der Waals surface area contributed by atoms with Gasteiger partial charge in [0.1, 0.15) is 0 Å². The third kappa shape index (κ3) is 2.87. The van der Waals surface area contributed by atoms with Crippen molar-refractivity contribution in [3.8, 4) is 0 Å². The summed E-state index contributed by atoms with van der Waals surface area (Å²) >= 11 is 13.1. The molecule has 0 saturated heterocycles. The highest BCUT2D eigenvalue weighted by Crippen LogP contribution is 2.29. The zero-order valence-corrected chi connectivity index (χ0v) is 8.59. The van der Waals surface area contributed by atoms with Crippen LogP contribution in [0, 0.1) is 0 Å². The van der Waals surface area contributed by atoms with Crippen LogP contribution in [0.4, 0.5) is 0 Å². The van der Waals surface area contributed by atoms with Crippen molar-refractivity contribution in [1.29, 1.82) is 0 Å². The fourth-order valence-electron chi connectivity index (χ4n) is 0.748. The van der Waals surface area contributed by atoms with E-state index in [1.54, 1.807) is 12.1 Å². The quantitative estimate of drug-likeness (QED) is 0.794. The van der Waals surface area contributed by atoms with Crippen LogP contribution in [0.3, 0.4) is 0 Å². The summed E-state index contributed by atoms with van der Waals surface area (Å²) in [5.41, 5.74) is 0. The van der Waals surface area contributed by atoms with Crippen LogP contribution in [-0.2, 0) is 0 Å². The Hall–Kier alpha value is 0.110. The SMILES string of the molecule is OCCSc1ccc(Cl)cc1Cl. The van der Waals surface area contributed by atoms with E-state index in [9.17, 15) is 0 Å². The van der Waals surface area contributed by atoms with Gasteiger partial charge in [-0.2, -0.15) is 0 Å². The predicted octanol–water partition coefficient (Wildman–Crippen LogP) is 3.08. The number of rotatable bonds is 3. The van der Waals surface area contributed by atoms with Gasteiger partial charge in [-0.25, -0.2) is 0 Å². The molecule has 0 atom stereocenters. The third-order valence-electron chi connectivity index (χ3n) is 1.24. The first-order chi connectivity index (χ1) is 5.74. The van der Waals surface area contributed by atoms with E-state index in [1.807, 2.05) is 6.07 Å². The highest BCUT2D eigenvalue weighted by molar-refractivity contribution is 7.99. The van der Waals surface area contributed by atoms with Gasteiger partial charge < -0.3 is 5.11 Å². The van der Waals surface area contributed by atoms with Crippen LogP contribution in [0.15, 0.2) is 23.1 Å². The highest BCUT2D eigenvalue weighted by Gasteiger charge is 2.00. The molecule has 66 valence electrons. The van der Waals surface area contributed by atoms with E-state index in [2.05, 4.69) is 0 Å². The van der Waals surface area contributed by atoms with Crippen molar-refractivity contribution in [2.45, 2.75) is 4.90 Å². The molecule has 0 aliphatic carbocycles. The molecule has 1 rings (SSSR count). The van der Waals surface area contributed by atoms with Crippen LogP contribution < -0.4 is 0 Å². The van der Waals surface area contributed by atoms with Gasteiger partial charge in [-0.3, -0.25) is 0 Å². The van der Waals surface area contributed by atoms with Gasteiger partial charge in [-0.05, 0) is 18.2 Å². The van der Waals surface area contributed by atoms with E-state index in [-0.39, 0.29) is 6.61 Å². The molecule has 12 heavy (non-hydrogen) atoms. The van der Waals surface area contributed by atoms with Gasteiger partial charge >= 0.3 is 0 Å². The van der Waals surface area contributed by atoms with Crippen molar-refractivity contribution in [3.63, 3.8) is 0 Å². The summed E-state index contributed by atoms with van der Waals surface area (Å²) in [7, 11) is 0. The van der Waals surface area contributed by atoms with E-state index in [0.29, 0.717) is 15.8 Å². The average molecular weight is 223 g/mol. The molecule has 0 spiro atoms. The van der Waals surface area contributed by atoms with E-state index >= 15 is 0 Å². The summed E-state index contributed by atoms with van der Waals surface area (Å²) in [6.07, 6.45) is 0. The monoisotopic (exact) mass is 222 g/mol. The lowest BCUT2D eigenvalue weighted by Gasteiger charge is -2.01. The largest absolute Gasteiger partial charge is 0.396 e. The standard InChI is InChI=1S/C8H8Cl2OS/c9-6-1-2-8(7(10)5-6)12-4-3-11/h1-2,5,11H,3-4H2. The zero-order chi connectivity index (χ0) is 8.97. The molecule has 1 nitrogen and oxygen atoms in total. The second-order valence-electron chi connectivity index (χ2n) is 2.15. The average Bonchev–Trinajstić information content (AvgIpc) is 2.03. The minimum absolute atomic E-state index is 0.156. The third-order valence-corrected chi connectivity index (χ3v) is 2.96. The Balaban J connectivity index is 2.72. The Labute approximate surface area is 85.7 Å². The smallest absolute Gasteiger partial charge is 0.0556 e. The maximum atomic E-state index is 8.58. The van der Waals surface area contributed by atoms with Crippen molar-refractivity contribution in [3.05, 3.63) is 28.2 Å². The molecule has 0 aliphatic heterocycles. The predicted molar refractivity (Wildman–Crippen MR) is 54.3 cm³/mol. The molecule has 1 aromatic rings. The van der Waals surface area contributed by atoms with E-state index in [4.69, 9.17) is 28.3 Å².